The van der Waals surface area contributed by atoms with Crippen molar-refractivity contribution in [1.29, 1.82) is 0 Å². The maximum atomic E-state index is 12.5. The molecule has 1 unspecified atom stereocenters. The first kappa shape index (κ1) is 19.3. The minimum atomic E-state index is 0.0809. The van der Waals surface area contributed by atoms with Gasteiger partial charge in [-0.15, -0.1) is 0 Å². The van der Waals surface area contributed by atoms with Gasteiger partial charge in [0.15, 0.2) is 0 Å². The van der Waals surface area contributed by atoms with Crippen molar-refractivity contribution in [2.24, 2.45) is 5.92 Å². The van der Waals surface area contributed by atoms with Crippen LogP contribution in [0.4, 0.5) is 10.5 Å². The highest BCUT2D eigenvalue weighted by Crippen LogP contribution is 2.21. The average molecular weight is 379 g/mol. The molecule has 1 atom stereocenters. The minimum Gasteiger partial charge on any atom is -0.368 e. The second-order valence-corrected chi connectivity index (χ2v) is 8.17. The van der Waals surface area contributed by atoms with Gasteiger partial charge in [0, 0.05) is 56.0 Å². The van der Waals surface area contributed by atoms with E-state index in [9.17, 15) is 4.79 Å². The molecule has 2 aliphatic heterocycles. The van der Waals surface area contributed by atoms with Crippen LogP contribution in [0.3, 0.4) is 0 Å². The van der Waals surface area contributed by atoms with E-state index in [4.69, 9.17) is 11.6 Å². The third-order valence-corrected chi connectivity index (χ3v) is 5.80. The van der Waals surface area contributed by atoms with Crippen molar-refractivity contribution in [3.8, 4) is 0 Å². The first-order chi connectivity index (χ1) is 12.5. The highest BCUT2D eigenvalue weighted by atomic mass is 35.5. The SMILES string of the molecule is CC(C)N1CCCC(CNC(=O)N2CCN(c3cccc(Cl)c3)CC2)C1. The van der Waals surface area contributed by atoms with Gasteiger partial charge in [0.2, 0.25) is 0 Å². The fourth-order valence-electron chi connectivity index (χ4n) is 3.92. The molecule has 0 bridgehead atoms. The molecular weight excluding hydrogens is 348 g/mol. The van der Waals surface area contributed by atoms with E-state index in [0.29, 0.717) is 12.0 Å². The fourth-order valence-corrected chi connectivity index (χ4v) is 4.10. The van der Waals surface area contributed by atoms with Gasteiger partial charge in [0.05, 0.1) is 0 Å². The van der Waals surface area contributed by atoms with Crippen LogP contribution in [0.1, 0.15) is 26.7 Å². The van der Waals surface area contributed by atoms with Crippen LogP contribution < -0.4 is 10.2 Å². The first-order valence-corrected chi connectivity index (χ1v) is 10.2. The minimum absolute atomic E-state index is 0.0809. The Hall–Kier alpha value is -1.46. The quantitative estimate of drug-likeness (QED) is 0.873. The van der Waals surface area contributed by atoms with Crippen LogP contribution >= 0.6 is 11.6 Å². The topological polar surface area (TPSA) is 38.8 Å². The van der Waals surface area contributed by atoms with Gasteiger partial charge in [-0.25, -0.2) is 4.79 Å². The number of likely N-dealkylation sites (tertiary alicyclic amines) is 1. The Morgan fingerprint density at radius 2 is 2.00 bits per heavy atom. The maximum Gasteiger partial charge on any atom is 0.317 e. The highest BCUT2D eigenvalue weighted by molar-refractivity contribution is 6.30. The predicted octanol–water partition coefficient (Wildman–Crippen LogP) is 3.29. The molecule has 0 aliphatic carbocycles. The van der Waals surface area contributed by atoms with E-state index in [1.165, 1.54) is 19.4 Å². The normalized spacial score (nSPS) is 21.9. The van der Waals surface area contributed by atoms with E-state index >= 15 is 0 Å². The lowest BCUT2D eigenvalue weighted by Crippen LogP contribution is -2.53. The molecular formula is C20H31ClN4O. The number of benzene rings is 1. The van der Waals surface area contributed by atoms with Gasteiger partial charge in [0.25, 0.3) is 0 Å². The number of urea groups is 1. The maximum absolute atomic E-state index is 12.5. The van der Waals surface area contributed by atoms with E-state index in [0.717, 1.165) is 50.0 Å². The summed E-state index contributed by atoms with van der Waals surface area (Å²) in [5.74, 6) is 0.572. The number of nitrogens with zero attached hydrogens (tertiary/aromatic N) is 3. The zero-order chi connectivity index (χ0) is 18.5. The Kier molecular flexibility index (Phi) is 6.65. The summed E-state index contributed by atoms with van der Waals surface area (Å²) in [6, 6.07) is 8.60. The van der Waals surface area contributed by atoms with Gasteiger partial charge in [-0.2, -0.15) is 0 Å². The molecule has 2 saturated heterocycles. The van der Waals surface area contributed by atoms with Crippen molar-refractivity contribution in [1.82, 2.24) is 15.1 Å². The van der Waals surface area contributed by atoms with E-state index in [2.05, 4.69) is 35.0 Å². The first-order valence-electron chi connectivity index (χ1n) is 9.80. The van der Waals surface area contributed by atoms with Crippen LogP contribution in [0, 0.1) is 5.92 Å². The van der Waals surface area contributed by atoms with E-state index in [1.54, 1.807) is 0 Å². The largest absolute Gasteiger partial charge is 0.368 e. The molecule has 0 spiro atoms. The lowest BCUT2D eigenvalue weighted by Gasteiger charge is -2.37. The molecule has 6 heteroatoms. The monoisotopic (exact) mass is 378 g/mol. The lowest BCUT2D eigenvalue weighted by molar-refractivity contribution is 0.136. The number of amides is 2. The van der Waals surface area contributed by atoms with Crippen molar-refractivity contribution in [2.75, 3.05) is 50.7 Å². The van der Waals surface area contributed by atoms with E-state index < -0.39 is 0 Å². The standard InChI is InChI=1S/C20H31ClN4O/c1-16(2)25-8-4-5-17(15-25)14-22-20(26)24-11-9-23(10-12-24)19-7-3-6-18(21)13-19/h3,6-7,13,16-17H,4-5,8-12,14-15H2,1-2H3,(H,22,26). The number of anilines is 1. The van der Waals surface area contributed by atoms with Crippen LogP contribution in [-0.2, 0) is 0 Å². The van der Waals surface area contributed by atoms with Crippen LogP contribution in [0.15, 0.2) is 24.3 Å². The Labute approximate surface area is 162 Å². The molecule has 0 radical (unpaired) electrons. The Morgan fingerprint density at radius 1 is 1.23 bits per heavy atom. The number of halogens is 1. The van der Waals surface area contributed by atoms with Crippen molar-refractivity contribution in [3.05, 3.63) is 29.3 Å². The number of hydrogen-bond donors (Lipinski definition) is 1. The second kappa shape index (κ2) is 8.96. The molecule has 2 amide bonds. The fraction of sp³-hybridized carbons (Fsp3) is 0.650. The molecule has 2 aliphatic rings. The molecule has 2 heterocycles. The molecule has 3 rings (SSSR count). The summed E-state index contributed by atoms with van der Waals surface area (Å²) in [5.41, 5.74) is 1.13. The number of hydrogen-bond acceptors (Lipinski definition) is 3. The number of rotatable bonds is 4. The lowest BCUT2D eigenvalue weighted by atomic mass is 9.97. The molecule has 0 aromatic heterocycles. The third kappa shape index (κ3) is 5.04. The predicted molar refractivity (Wildman–Crippen MR) is 108 cm³/mol. The number of nitrogens with one attached hydrogen (secondary N) is 1. The summed E-state index contributed by atoms with van der Waals surface area (Å²) in [6.07, 6.45) is 2.45. The number of piperazine rings is 1. The molecule has 144 valence electrons. The Balaban J connectivity index is 1.42. The van der Waals surface area contributed by atoms with Gasteiger partial charge in [-0.1, -0.05) is 17.7 Å². The average Bonchev–Trinajstić information content (AvgIpc) is 2.66. The molecule has 1 aromatic rings. The molecule has 26 heavy (non-hydrogen) atoms. The summed E-state index contributed by atoms with van der Waals surface area (Å²) in [5, 5.41) is 3.92. The van der Waals surface area contributed by atoms with Crippen molar-refractivity contribution in [2.45, 2.75) is 32.7 Å². The van der Waals surface area contributed by atoms with Gasteiger partial charge in [0.1, 0.15) is 0 Å². The Bertz CT molecular complexity index is 601. The molecule has 5 nitrogen and oxygen atoms in total. The number of carbonyl (C=O) groups excluding carboxylic acids is 1. The van der Waals surface area contributed by atoms with Crippen LogP contribution in [0.2, 0.25) is 5.02 Å². The van der Waals surface area contributed by atoms with Crippen molar-refractivity contribution in [3.63, 3.8) is 0 Å². The molecule has 0 saturated carbocycles. The zero-order valence-electron chi connectivity index (χ0n) is 16.0. The van der Waals surface area contributed by atoms with Crippen LogP contribution in [0.5, 0.6) is 0 Å². The summed E-state index contributed by atoms with van der Waals surface area (Å²) < 4.78 is 0. The summed E-state index contributed by atoms with van der Waals surface area (Å²) in [6.45, 7) is 10.8. The van der Waals surface area contributed by atoms with E-state index in [-0.39, 0.29) is 6.03 Å². The van der Waals surface area contributed by atoms with Crippen molar-refractivity contribution >= 4 is 23.3 Å². The summed E-state index contributed by atoms with van der Waals surface area (Å²) >= 11 is 6.08. The molecule has 1 N–H and O–H groups in total. The van der Waals surface area contributed by atoms with Gasteiger partial charge in [-0.05, 0) is 57.4 Å². The van der Waals surface area contributed by atoms with Gasteiger partial charge < -0.3 is 20.0 Å². The summed E-state index contributed by atoms with van der Waals surface area (Å²) in [7, 11) is 0. The summed E-state index contributed by atoms with van der Waals surface area (Å²) in [4.78, 5) is 19.3. The number of carbonyl (C=O) groups is 1. The van der Waals surface area contributed by atoms with Gasteiger partial charge in [-0.3, -0.25) is 0 Å². The van der Waals surface area contributed by atoms with Gasteiger partial charge >= 0.3 is 6.03 Å². The molecule has 2 fully saturated rings. The zero-order valence-corrected chi connectivity index (χ0v) is 16.7. The van der Waals surface area contributed by atoms with Crippen LogP contribution in [0.25, 0.3) is 0 Å². The van der Waals surface area contributed by atoms with E-state index in [1.807, 2.05) is 23.1 Å². The van der Waals surface area contributed by atoms with Crippen molar-refractivity contribution < 1.29 is 4.79 Å². The Morgan fingerprint density at radius 3 is 2.69 bits per heavy atom. The molecule has 1 aromatic carbocycles. The van der Waals surface area contributed by atoms with Crippen LogP contribution in [-0.4, -0.2) is 67.7 Å². The second-order valence-electron chi connectivity index (χ2n) is 7.74. The number of piperidine rings is 1. The highest BCUT2D eigenvalue weighted by Gasteiger charge is 2.24. The third-order valence-electron chi connectivity index (χ3n) is 5.56. The smallest absolute Gasteiger partial charge is 0.317 e.